The highest BCUT2D eigenvalue weighted by atomic mass is 16.4. The zero-order chi connectivity index (χ0) is 13.5. The van der Waals surface area contributed by atoms with Crippen LogP contribution in [0.1, 0.15) is 29.4 Å². The van der Waals surface area contributed by atoms with Gasteiger partial charge < -0.3 is 16.2 Å². The summed E-state index contributed by atoms with van der Waals surface area (Å²) in [5, 5.41) is 11.5. The first kappa shape index (κ1) is 14.1. The Morgan fingerprint density at radius 1 is 1.56 bits per heavy atom. The molecule has 0 aliphatic rings. The van der Waals surface area contributed by atoms with Gasteiger partial charge in [-0.2, -0.15) is 0 Å². The second-order valence-electron chi connectivity index (χ2n) is 4.04. The van der Waals surface area contributed by atoms with Crippen molar-refractivity contribution in [1.29, 1.82) is 0 Å². The highest BCUT2D eigenvalue weighted by Gasteiger charge is 2.12. The Labute approximate surface area is 105 Å². The number of pyridine rings is 1. The third kappa shape index (κ3) is 4.14. The molecule has 1 aromatic heterocycles. The Kier molecular flexibility index (Phi) is 5.26. The molecule has 0 aliphatic carbocycles. The Hall–Kier alpha value is -1.95. The molecule has 1 unspecified atom stereocenters. The molecule has 1 atom stereocenters. The molecule has 1 aromatic rings. The summed E-state index contributed by atoms with van der Waals surface area (Å²) in [6.45, 7) is 2.47. The molecule has 6 nitrogen and oxygen atoms in total. The summed E-state index contributed by atoms with van der Waals surface area (Å²) in [5.41, 5.74) is 6.04. The predicted octanol–water partition coefficient (Wildman–Crippen LogP) is 0.381. The minimum atomic E-state index is -1.01. The number of hydrogen-bond acceptors (Lipinski definition) is 4. The first-order valence-corrected chi connectivity index (χ1v) is 5.70. The van der Waals surface area contributed by atoms with Crippen molar-refractivity contribution in [2.75, 3.05) is 6.54 Å². The van der Waals surface area contributed by atoms with E-state index in [1.165, 1.54) is 18.3 Å². The highest BCUT2D eigenvalue weighted by Crippen LogP contribution is 2.03. The standard InChI is InChI=1S/C12H17N3O3/c1-8(2-4-13)11(16)15-7-10-6-9(12(17)18)3-5-14-10/h3,5-6,8H,2,4,7,13H2,1H3,(H,15,16)(H,17,18). The summed E-state index contributed by atoms with van der Waals surface area (Å²) in [4.78, 5) is 26.4. The molecular weight excluding hydrogens is 234 g/mol. The minimum Gasteiger partial charge on any atom is -0.478 e. The lowest BCUT2D eigenvalue weighted by molar-refractivity contribution is -0.124. The van der Waals surface area contributed by atoms with Crippen LogP contribution >= 0.6 is 0 Å². The summed E-state index contributed by atoms with van der Waals surface area (Å²) < 4.78 is 0. The molecule has 1 amide bonds. The summed E-state index contributed by atoms with van der Waals surface area (Å²) in [7, 11) is 0. The van der Waals surface area contributed by atoms with Gasteiger partial charge in [-0.15, -0.1) is 0 Å². The molecule has 98 valence electrons. The number of rotatable bonds is 6. The summed E-state index contributed by atoms with van der Waals surface area (Å²) in [5.74, 6) is -1.28. The fourth-order valence-electron chi connectivity index (χ4n) is 1.44. The van der Waals surface area contributed by atoms with Crippen molar-refractivity contribution in [2.45, 2.75) is 19.9 Å². The van der Waals surface area contributed by atoms with Crippen LogP contribution in [0.5, 0.6) is 0 Å². The van der Waals surface area contributed by atoms with E-state index in [2.05, 4.69) is 10.3 Å². The fourth-order valence-corrected chi connectivity index (χ4v) is 1.44. The number of nitrogens with two attached hydrogens (primary N) is 1. The van der Waals surface area contributed by atoms with Crippen LogP contribution in [0.2, 0.25) is 0 Å². The van der Waals surface area contributed by atoms with E-state index >= 15 is 0 Å². The Morgan fingerprint density at radius 2 is 2.28 bits per heavy atom. The fraction of sp³-hybridized carbons (Fsp3) is 0.417. The van der Waals surface area contributed by atoms with Gasteiger partial charge in [-0.05, 0) is 25.1 Å². The molecule has 0 aliphatic heterocycles. The lowest BCUT2D eigenvalue weighted by atomic mass is 10.1. The third-order valence-corrected chi connectivity index (χ3v) is 2.55. The molecule has 0 saturated carbocycles. The maximum Gasteiger partial charge on any atom is 0.335 e. The van der Waals surface area contributed by atoms with Crippen molar-refractivity contribution in [3.8, 4) is 0 Å². The van der Waals surface area contributed by atoms with Crippen LogP contribution in [-0.4, -0.2) is 28.5 Å². The van der Waals surface area contributed by atoms with Crippen LogP contribution in [0, 0.1) is 5.92 Å². The van der Waals surface area contributed by atoms with Crippen molar-refractivity contribution in [3.05, 3.63) is 29.6 Å². The minimum absolute atomic E-state index is 0.108. The van der Waals surface area contributed by atoms with Gasteiger partial charge in [0.05, 0.1) is 17.8 Å². The second kappa shape index (κ2) is 6.70. The maximum absolute atomic E-state index is 11.6. The summed E-state index contributed by atoms with van der Waals surface area (Å²) >= 11 is 0. The van der Waals surface area contributed by atoms with Crippen LogP contribution in [-0.2, 0) is 11.3 Å². The van der Waals surface area contributed by atoms with Gasteiger partial charge in [0.15, 0.2) is 0 Å². The molecule has 0 fully saturated rings. The van der Waals surface area contributed by atoms with Gasteiger partial charge in [0, 0.05) is 12.1 Å². The molecule has 4 N–H and O–H groups in total. The SMILES string of the molecule is CC(CCN)C(=O)NCc1cc(C(=O)O)ccn1. The normalized spacial score (nSPS) is 11.9. The molecule has 0 radical (unpaired) electrons. The number of carboxylic acid groups (broad SMARTS) is 1. The predicted molar refractivity (Wildman–Crippen MR) is 65.9 cm³/mol. The number of nitrogens with one attached hydrogen (secondary N) is 1. The van der Waals surface area contributed by atoms with Crippen LogP contribution in [0.25, 0.3) is 0 Å². The van der Waals surface area contributed by atoms with E-state index in [1.54, 1.807) is 6.92 Å². The van der Waals surface area contributed by atoms with E-state index in [1.807, 2.05) is 0 Å². The highest BCUT2D eigenvalue weighted by molar-refractivity contribution is 5.87. The monoisotopic (exact) mass is 251 g/mol. The van der Waals surface area contributed by atoms with Crippen LogP contribution < -0.4 is 11.1 Å². The van der Waals surface area contributed by atoms with Gasteiger partial charge in [-0.3, -0.25) is 9.78 Å². The molecule has 1 rings (SSSR count). The van der Waals surface area contributed by atoms with Crippen molar-refractivity contribution in [3.63, 3.8) is 0 Å². The van der Waals surface area contributed by atoms with Crippen LogP contribution in [0.15, 0.2) is 18.3 Å². The third-order valence-electron chi connectivity index (χ3n) is 2.55. The lowest BCUT2D eigenvalue weighted by Gasteiger charge is -2.10. The molecule has 6 heteroatoms. The number of hydrogen-bond donors (Lipinski definition) is 3. The van der Waals surface area contributed by atoms with E-state index < -0.39 is 5.97 Å². The van der Waals surface area contributed by atoms with Gasteiger partial charge in [0.25, 0.3) is 0 Å². The number of aromatic nitrogens is 1. The Bertz CT molecular complexity index is 434. The van der Waals surface area contributed by atoms with Crippen LogP contribution in [0.3, 0.4) is 0 Å². The molecular formula is C12H17N3O3. The molecule has 0 aromatic carbocycles. The van der Waals surface area contributed by atoms with E-state index in [0.29, 0.717) is 18.7 Å². The quantitative estimate of drug-likeness (QED) is 0.678. The van der Waals surface area contributed by atoms with Crippen molar-refractivity contribution < 1.29 is 14.7 Å². The average Bonchev–Trinajstić information content (AvgIpc) is 2.36. The Morgan fingerprint density at radius 3 is 2.89 bits per heavy atom. The van der Waals surface area contributed by atoms with E-state index in [-0.39, 0.29) is 23.9 Å². The van der Waals surface area contributed by atoms with Gasteiger partial charge in [-0.25, -0.2) is 4.79 Å². The lowest BCUT2D eigenvalue weighted by Crippen LogP contribution is -2.30. The number of nitrogens with zero attached hydrogens (tertiary/aromatic N) is 1. The first-order valence-electron chi connectivity index (χ1n) is 5.70. The number of carbonyl (C=O) groups excluding carboxylic acids is 1. The molecule has 0 bridgehead atoms. The van der Waals surface area contributed by atoms with E-state index in [4.69, 9.17) is 10.8 Å². The smallest absolute Gasteiger partial charge is 0.335 e. The molecule has 18 heavy (non-hydrogen) atoms. The molecule has 0 spiro atoms. The van der Waals surface area contributed by atoms with Crippen molar-refractivity contribution >= 4 is 11.9 Å². The second-order valence-corrected chi connectivity index (χ2v) is 4.04. The van der Waals surface area contributed by atoms with Crippen molar-refractivity contribution in [1.82, 2.24) is 10.3 Å². The summed E-state index contributed by atoms with van der Waals surface area (Å²) in [6.07, 6.45) is 2.03. The largest absolute Gasteiger partial charge is 0.478 e. The number of carbonyl (C=O) groups is 2. The average molecular weight is 251 g/mol. The molecule has 1 heterocycles. The summed E-state index contributed by atoms with van der Waals surface area (Å²) in [6, 6.07) is 2.85. The Balaban J connectivity index is 2.55. The first-order chi connectivity index (χ1) is 8.54. The maximum atomic E-state index is 11.6. The van der Waals surface area contributed by atoms with Crippen LogP contribution in [0.4, 0.5) is 0 Å². The number of aromatic carboxylic acids is 1. The number of carboxylic acids is 1. The van der Waals surface area contributed by atoms with E-state index in [0.717, 1.165) is 0 Å². The van der Waals surface area contributed by atoms with Gasteiger partial charge in [0.2, 0.25) is 5.91 Å². The van der Waals surface area contributed by atoms with Gasteiger partial charge in [0.1, 0.15) is 0 Å². The van der Waals surface area contributed by atoms with Crippen molar-refractivity contribution in [2.24, 2.45) is 11.7 Å². The number of amides is 1. The zero-order valence-electron chi connectivity index (χ0n) is 10.2. The topological polar surface area (TPSA) is 105 Å². The zero-order valence-corrected chi connectivity index (χ0v) is 10.2. The van der Waals surface area contributed by atoms with E-state index in [9.17, 15) is 9.59 Å². The molecule has 0 saturated heterocycles. The van der Waals surface area contributed by atoms with Gasteiger partial charge >= 0.3 is 5.97 Å². The van der Waals surface area contributed by atoms with Gasteiger partial charge in [-0.1, -0.05) is 6.92 Å².